The molecule has 1 fully saturated rings. The van der Waals surface area contributed by atoms with Crippen LogP contribution in [-0.2, 0) is 9.47 Å². The number of hydrogen-bond donors (Lipinski definition) is 0. The zero-order valence-corrected chi connectivity index (χ0v) is 7.34. The molecule has 3 heteroatoms. The Labute approximate surface area is 69.3 Å². The standard InChI is InChI=1S/C7H11BrO2/c1-2-4-9-7-6(8)3-5-10-7/h2,6-7H,1,3-5H2. The fourth-order valence-electron chi connectivity index (χ4n) is 0.853. The van der Waals surface area contributed by atoms with E-state index >= 15 is 0 Å². The molecule has 1 aliphatic rings. The first-order chi connectivity index (χ1) is 4.84. The van der Waals surface area contributed by atoms with E-state index in [9.17, 15) is 0 Å². The predicted octanol–water partition coefficient (Wildman–Crippen LogP) is 1.70. The van der Waals surface area contributed by atoms with Gasteiger partial charge in [0.25, 0.3) is 0 Å². The SMILES string of the molecule is C=CCOC1OCCC1Br. The van der Waals surface area contributed by atoms with Crippen LogP contribution in [0.3, 0.4) is 0 Å². The smallest absolute Gasteiger partial charge is 0.170 e. The maximum Gasteiger partial charge on any atom is 0.170 e. The van der Waals surface area contributed by atoms with Gasteiger partial charge in [0.1, 0.15) is 0 Å². The first kappa shape index (κ1) is 8.24. The van der Waals surface area contributed by atoms with Crippen molar-refractivity contribution in [3.63, 3.8) is 0 Å². The lowest BCUT2D eigenvalue weighted by Gasteiger charge is -2.12. The highest BCUT2D eigenvalue weighted by Gasteiger charge is 2.25. The van der Waals surface area contributed by atoms with E-state index in [1.165, 1.54) is 0 Å². The topological polar surface area (TPSA) is 18.5 Å². The minimum Gasteiger partial charge on any atom is -0.351 e. The molecule has 0 bridgehead atoms. The van der Waals surface area contributed by atoms with Gasteiger partial charge in [-0.25, -0.2) is 0 Å². The molecular weight excluding hydrogens is 196 g/mol. The molecule has 1 saturated heterocycles. The van der Waals surface area contributed by atoms with Gasteiger partial charge in [-0.15, -0.1) is 6.58 Å². The average molecular weight is 207 g/mol. The van der Waals surface area contributed by atoms with Crippen LogP contribution in [0.2, 0.25) is 0 Å². The predicted molar refractivity (Wildman–Crippen MR) is 43.2 cm³/mol. The van der Waals surface area contributed by atoms with Gasteiger partial charge in [0.2, 0.25) is 0 Å². The molecule has 0 amide bonds. The largest absolute Gasteiger partial charge is 0.351 e. The van der Waals surface area contributed by atoms with Gasteiger partial charge in [-0.2, -0.15) is 0 Å². The van der Waals surface area contributed by atoms with Crippen LogP contribution in [0.5, 0.6) is 0 Å². The lowest BCUT2D eigenvalue weighted by atomic mass is 10.4. The van der Waals surface area contributed by atoms with Crippen molar-refractivity contribution in [1.29, 1.82) is 0 Å². The zero-order valence-electron chi connectivity index (χ0n) is 5.75. The summed E-state index contributed by atoms with van der Waals surface area (Å²) in [7, 11) is 0. The monoisotopic (exact) mass is 206 g/mol. The highest BCUT2D eigenvalue weighted by molar-refractivity contribution is 9.09. The fraction of sp³-hybridized carbons (Fsp3) is 0.714. The molecule has 0 spiro atoms. The number of hydrogen-bond acceptors (Lipinski definition) is 2. The molecule has 0 N–H and O–H groups in total. The Hall–Kier alpha value is 0.140. The molecule has 10 heavy (non-hydrogen) atoms. The van der Waals surface area contributed by atoms with E-state index < -0.39 is 0 Å². The summed E-state index contributed by atoms with van der Waals surface area (Å²) < 4.78 is 10.5. The average Bonchev–Trinajstić information content (AvgIpc) is 2.31. The van der Waals surface area contributed by atoms with E-state index in [4.69, 9.17) is 9.47 Å². The molecule has 0 aromatic carbocycles. The third kappa shape index (κ3) is 2.08. The van der Waals surface area contributed by atoms with Crippen LogP contribution in [0.15, 0.2) is 12.7 Å². The maximum atomic E-state index is 5.28. The van der Waals surface area contributed by atoms with E-state index in [2.05, 4.69) is 22.5 Å². The van der Waals surface area contributed by atoms with Crippen LogP contribution >= 0.6 is 15.9 Å². The van der Waals surface area contributed by atoms with Gasteiger partial charge in [0.15, 0.2) is 6.29 Å². The van der Waals surface area contributed by atoms with Crippen LogP contribution in [-0.4, -0.2) is 24.3 Å². The molecule has 1 heterocycles. The number of alkyl halides is 1. The molecule has 2 nitrogen and oxygen atoms in total. The third-order valence-corrected chi connectivity index (χ3v) is 2.24. The van der Waals surface area contributed by atoms with Gasteiger partial charge in [-0.3, -0.25) is 0 Å². The minimum absolute atomic E-state index is 0.0713. The molecule has 1 rings (SSSR count). The van der Waals surface area contributed by atoms with E-state index in [1.807, 2.05) is 0 Å². The molecule has 0 aliphatic carbocycles. The highest BCUT2D eigenvalue weighted by Crippen LogP contribution is 2.21. The van der Waals surface area contributed by atoms with E-state index in [-0.39, 0.29) is 6.29 Å². The summed E-state index contributed by atoms with van der Waals surface area (Å²) in [5.41, 5.74) is 0. The summed E-state index contributed by atoms with van der Waals surface area (Å²) in [6.07, 6.45) is 2.68. The molecule has 0 aromatic rings. The second-order valence-electron chi connectivity index (χ2n) is 2.17. The first-order valence-electron chi connectivity index (χ1n) is 3.33. The van der Waals surface area contributed by atoms with Crippen LogP contribution in [0.1, 0.15) is 6.42 Å². The van der Waals surface area contributed by atoms with Gasteiger partial charge >= 0.3 is 0 Å². The minimum atomic E-state index is -0.0713. The summed E-state index contributed by atoms with van der Waals surface area (Å²) in [5, 5.41) is 0. The van der Waals surface area contributed by atoms with Crippen molar-refractivity contribution in [3.05, 3.63) is 12.7 Å². The van der Waals surface area contributed by atoms with Crippen LogP contribution in [0, 0.1) is 0 Å². The summed E-state index contributed by atoms with van der Waals surface area (Å²) in [4.78, 5) is 0.354. The molecule has 0 radical (unpaired) electrons. The van der Waals surface area contributed by atoms with E-state index in [0.29, 0.717) is 11.4 Å². The highest BCUT2D eigenvalue weighted by atomic mass is 79.9. The molecule has 2 unspecified atom stereocenters. The van der Waals surface area contributed by atoms with Crippen LogP contribution < -0.4 is 0 Å². The lowest BCUT2D eigenvalue weighted by Crippen LogP contribution is -2.19. The van der Waals surface area contributed by atoms with Gasteiger partial charge in [-0.05, 0) is 6.42 Å². The van der Waals surface area contributed by atoms with Crippen molar-refractivity contribution >= 4 is 15.9 Å². The number of ether oxygens (including phenoxy) is 2. The molecule has 1 aliphatic heterocycles. The Morgan fingerprint density at radius 2 is 2.60 bits per heavy atom. The Balaban J connectivity index is 2.19. The second-order valence-corrected chi connectivity index (χ2v) is 3.34. The van der Waals surface area contributed by atoms with Crippen molar-refractivity contribution in [3.8, 4) is 0 Å². The molecule has 0 aromatic heterocycles. The molecular formula is C7H11BrO2. The molecule has 58 valence electrons. The van der Waals surface area contributed by atoms with Gasteiger partial charge in [0.05, 0.1) is 18.0 Å². The fourth-order valence-corrected chi connectivity index (χ4v) is 1.34. The Morgan fingerprint density at radius 3 is 3.10 bits per heavy atom. The van der Waals surface area contributed by atoms with Gasteiger partial charge in [-0.1, -0.05) is 22.0 Å². The maximum absolute atomic E-state index is 5.28. The van der Waals surface area contributed by atoms with Gasteiger partial charge in [0, 0.05) is 0 Å². The summed E-state index contributed by atoms with van der Waals surface area (Å²) in [6.45, 7) is 4.90. The lowest BCUT2D eigenvalue weighted by molar-refractivity contribution is -0.0978. The van der Waals surface area contributed by atoms with Crippen molar-refractivity contribution in [2.45, 2.75) is 17.5 Å². The first-order valence-corrected chi connectivity index (χ1v) is 4.24. The van der Waals surface area contributed by atoms with Crippen molar-refractivity contribution in [2.24, 2.45) is 0 Å². The van der Waals surface area contributed by atoms with E-state index in [1.54, 1.807) is 6.08 Å². The van der Waals surface area contributed by atoms with Crippen molar-refractivity contribution in [2.75, 3.05) is 13.2 Å². The summed E-state index contributed by atoms with van der Waals surface area (Å²) >= 11 is 3.45. The van der Waals surface area contributed by atoms with Gasteiger partial charge < -0.3 is 9.47 Å². The summed E-state index contributed by atoms with van der Waals surface area (Å²) in [6, 6.07) is 0. The quantitative estimate of drug-likeness (QED) is 0.518. The number of halogens is 1. The van der Waals surface area contributed by atoms with E-state index in [0.717, 1.165) is 13.0 Å². The Kier molecular flexibility index (Phi) is 3.39. The van der Waals surface area contributed by atoms with Crippen molar-refractivity contribution < 1.29 is 9.47 Å². The molecule has 2 atom stereocenters. The Morgan fingerprint density at radius 1 is 1.80 bits per heavy atom. The Bertz CT molecular complexity index is 116. The van der Waals surface area contributed by atoms with Crippen molar-refractivity contribution in [1.82, 2.24) is 0 Å². The molecule has 0 saturated carbocycles. The zero-order chi connectivity index (χ0) is 7.40. The number of rotatable bonds is 3. The van der Waals surface area contributed by atoms with Crippen LogP contribution in [0.25, 0.3) is 0 Å². The summed E-state index contributed by atoms with van der Waals surface area (Å²) in [5.74, 6) is 0. The van der Waals surface area contributed by atoms with Crippen LogP contribution in [0.4, 0.5) is 0 Å². The third-order valence-electron chi connectivity index (χ3n) is 1.35. The second kappa shape index (κ2) is 4.11. The normalized spacial score (nSPS) is 32.5.